The first kappa shape index (κ1) is 14.4. The van der Waals surface area contributed by atoms with Crippen LogP contribution in [-0.4, -0.2) is 19.0 Å². The van der Waals surface area contributed by atoms with Crippen molar-refractivity contribution < 1.29 is 4.79 Å². The number of para-hydroxylation sites is 2. The van der Waals surface area contributed by atoms with Crippen LogP contribution >= 0.6 is 27.5 Å². The Kier molecular flexibility index (Phi) is 4.17. The lowest BCUT2D eigenvalue weighted by Gasteiger charge is -2.23. The number of carbonyl (C=O) groups excluding carboxylic acids is 1. The van der Waals surface area contributed by atoms with Gasteiger partial charge in [-0.25, -0.2) is 0 Å². The summed E-state index contributed by atoms with van der Waals surface area (Å²) in [5, 5.41) is 3.97. The Morgan fingerprint density at radius 1 is 1.24 bits per heavy atom. The van der Waals surface area contributed by atoms with Crippen molar-refractivity contribution in [3.8, 4) is 0 Å². The summed E-state index contributed by atoms with van der Waals surface area (Å²) < 4.78 is 0.717. The van der Waals surface area contributed by atoms with Gasteiger partial charge in [0.05, 0.1) is 16.9 Å². The summed E-state index contributed by atoms with van der Waals surface area (Å²) in [6.45, 7) is 1.56. The number of nitrogens with zero attached hydrogens (tertiary/aromatic N) is 1. The highest BCUT2D eigenvalue weighted by molar-refractivity contribution is 9.10. The number of halogens is 2. The van der Waals surface area contributed by atoms with Gasteiger partial charge in [0, 0.05) is 22.6 Å². The second kappa shape index (κ2) is 6.08. The second-order valence-electron chi connectivity index (χ2n) is 4.88. The normalized spacial score (nSPS) is 14.1. The van der Waals surface area contributed by atoms with Crippen molar-refractivity contribution in [2.45, 2.75) is 6.42 Å². The Morgan fingerprint density at radius 2 is 2.05 bits per heavy atom. The molecule has 0 bridgehead atoms. The Bertz CT molecular complexity index is 690. The van der Waals surface area contributed by atoms with E-state index in [0.29, 0.717) is 17.1 Å². The van der Waals surface area contributed by atoms with Crippen molar-refractivity contribution in [3.05, 3.63) is 57.5 Å². The smallest absolute Gasteiger partial charge is 0.259 e. The Morgan fingerprint density at radius 3 is 2.86 bits per heavy atom. The zero-order chi connectivity index (χ0) is 14.8. The maximum absolute atomic E-state index is 12.9. The average Bonchev–Trinajstić information content (AvgIpc) is 2.69. The summed E-state index contributed by atoms with van der Waals surface area (Å²) >= 11 is 9.38. The molecular weight excluding hydrogens is 352 g/mol. The quantitative estimate of drug-likeness (QED) is 0.803. The summed E-state index contributed by atoms with van der Waals surface area (Å²) in [6, 6.07) is 13.1. The summed E-state index contributed by atoms with van der Waals surface area (Å²) in [5.74, 6) is -0.0188. The van der Waals surface area contributed by atoms with Crippen LogP contribution in [-0.2, 0) is 0 Å². The van der Waals surface area contributed by atoms with Crippen molar-refractivity contribution >= 4 is 44.8 Å². The van der Waals surface area contributed by atoms with E-state index in [1.807, 2.05) is 29.2 Å². The maximum Gasteiger partial charge on any atom is 0.259 e. The van der Waals surface area contributed by atoms with Gasteiger partial charge in [-0.1, -0.05) is 23.7 Å². The molecule has 1 aliphatic heterocycles. The average molecular weight is 366 g/mol. The van der Waals surface area contributed by atoms with Gasteiger partial charge in [0.15, 0.2) is 0 Å². The van der Waals surface area contributed by atoms with Gasteiger partial charge >= 0.3 is 0 Å². The van der Waals surface area contributed by atoms with Crippen LogP contribution in [0.1, 0.15) is 16.8 Å². The molecule has 3 rings (SSSR count). The summed E-state index contributed by atoms with van der Waals surface area (Å²) in [7, 11) is 0. The van der Waals surface area contributed by atoms with Crippen molar-refractivity contribution in [1.29, 1.82) is 0 Å². The van der Waals surface area contributed by atoms with Crippen LogP contribution in [0, 0.1) is 0 Å². The highest BCUT2D eigenvalue weighted by Gasteiger charge is 2.23. The minimum Gasteiger partial charge on any atom is -0.383 e. The van der Waals surface area contributed by atoms with Crippen LogP contribution in [0.4, 0.5) is 11.4 Å². The van der Waals surface area contributed by atoms with Crippen molar-refractivity contribution in [2.24, 2.45) is 0 Å². The lowest BCUT2D eigenvalue weighted by Crippen LogP contribution is -2.31. The van der Waals surface area contributed by atoms with E-state index < -0.39 is 0 Å². The Hall–Kier alpha value is -1.52. The third kappa shape index (κ3) is 2.92. The molecular formula is C16H14BrClN2O. The lowest BCUT2D eigenvalue weighted by molar-refractivity contribution is 0.0986. The zero-order valence-corrected chi connectivity index (χ0v) is 13.6. The summed E-state index contributed by atoms with van der Waals surface area (Å²) in [6.07, 6.45) is 0.908. The van der Waals surface area contributed by atoms with E-state index >= 15 is 0 Å². The fourth-order valence-electron chi connectivity index (χ4n) is 2.46. The minimum absolute atomic E-state index is 0.0188. The highest BCUT2D eigenvalue weighted by atomic mass is 79.9. The van der Waals surface area contributed by atoms with E-state index in [-0.39, 0.29) is 5.91 Å². The van der Waals surface area contributed by atoms with Gasteiger partial charge in [-0.05, 0) is 52.7 Å². The van der Waals surface area contributed by atoms with E-state index in [1.165, 1.54) is 0 Å². The van der Waals surface area contributed by atoms with E-state index in [2.05, 4.69) is 21.2 Å². The number of amides is 1. The number of nitrogens with one attached hydrogen (secondary N) is 1. The second-order valence-corrected chi connectivity index (χ2v) is 6.17. The number of hydrogen-bond donors (Lipinski definition) is 1. The highest BCUT2D eigenvalue weighted by Crippen LogP contribution is 2.31. The molecule has 5 heteroatoms. The molecule has 2 aromatic carbocycles. The van der Waals surface area contributed by atoms with Crippen molar-refractivity contribution in [2.75, 3.05) is 23.3 Å². The molecule has 0 fully saturated rings. The van der Waals surface area contributed by atoms with Gasteiger partial charge < -0.3 is 10.2 Å². The fourth-order valence-corrected chi connectivity index (χ4v) is 3.31. The molecule has 0 unspecified atom stereocenters. The van der Waals surface area contributed by atoms with Gasteiger partial charge in [-0.15, -0.1) is 0 Å². The monoisotopic (exact) mass is 364 g/mol. The first-order valence-electron chi connectivity index (χ1n) is 6.76. The molecule has 0 spiro atoms. The van der Waals surface area contributed by atoms with Crippen LogP contribution in [0.3, 0.4) is 0 Å². The van der Waals surface area contributed by atoms with E-state index in [4.69, 9.17) is 11.6 Å². The largest absolute Gasteiger partial charge is 0.383 e. The van der Waals surface area contributed by atoms with Crippen LogP contribution < -0.4 is 10.2 Å². The predicted molar refractivity (Wildman–Crippen MR) is 90.4 cm³/mol. The van der Waals surface area contributed by atoms with E-state index in [9.17, 15) is 4.79 Å². The maximum atomic E-state index is 12.9. The molecule has 0 saturated heterocycles. The number of rotatable bonds is 1. The number of hydrogen-bond acceptors (Lipinski definition) is 2. The van der Waals surface area contributed by atoms with Crippen LogP contribution in [0.2, 0.25) is 5.02 Å². The molecule has 0 radical (unpaired) electrons. The molecule has 0 saturated carbocycles. The SMILES string of the molecule is O=C(c1ccc(Cl)cc1Br)N1CCCNc2ccccc21. The molecule has 3 nitrogen and oxygen atoms in total. The topological polar surface area (TPSA) is 32.3 Å². The Labute approximate surface area is 137 Å². The van der Waals surface area contributed by atoms with E-state index in [1.54, 1.807) is 18.2 Å². The first-order valence-corrected chi connectivity index (χ1v) is 7.94. The summed E-state index contributed by atoms with van der Waals surface area (Å²) in [4.78, 5) is 14.7. The molecule has 1 amide bonds. The van der Waals surface area contributed by atoms with Gasteiger partial charge in [-0.2, -0.15) is 0 Å². The molecule has 0 atom stereocenters. The molecule has 1 heterocycles. The van der Waals surface area contributed by atoms with Crippen LogP contribution in [0.15, 0.2) is 46.9 Å². The fraction of sp³-hybridized carbons (Fsp3) is 0.188. The molecule has 1 N–H and O–H groups in total. The molecule has 1 aliphatic rings. The number of anilines is 2. The first-order chi connectivity index (χ1) is 10.2. The zero-order valence-electron chi connectivity index (χ0n) is 11.3. The number of fused-ring (bicyclic) bond motifs is 1. The lowest BCUT2D eigenvalue weighted by atomic mass is 10.1. The van der Waals surface area contributed by atoms with Crippen LogP contribution in [0.5, 0.6) is 0 Å². The number of carbonyl (C=O) groups is 1. The van der Waals surface area contributed by atoms with Crippen molar-refractivity contribution in [1.82, 2.24) is 0 Å². The van der Waals surface area contributed by atoms with Gasteiger partial charge in [0.2, 0.25) is 0 Å². The Balaban J connectivity index is 2.01. The summed E-state index contributed by atoms with van der Waals surface area (Å²) in [5.41, 5.74) is 2.53. The number of benzene rings is 2. The third-order valence-electron chi connectivity index (χ3n) is 3.48. The predicted octanol–water partition coefficient (Wildman–Crippen LogP) is 4.56. The minimum atomic E-state index is -0.0188. The molecule has 0 aromatic heterocycles. The van der Waals surface area contributed by atoms with Crippen molar-refractivity contribution in [3.63, 3.8) is 0 Å². The third-order valence-corrected chi connectivity index (χ3v) is 4.37. The standard InChI is InChI=1S/C16H14BrClN2O/c17-13-10-11(18)6-7-12(13)16(21)20-9-3-8-19-14-4-1-2-5-15(14)20/h1-2,4-7,10,19H,3,8-9H2. The van der Waals surface area contributed by atoms with Gasteiger partial charge in [-0.3, -0.25) is 4.79 Å². The molecule has 21 heavy (non-hydrogen) atoms. The molecule has 0 aliphatic carbocycles. The van der Waals surface area contributed by atoms with Gasteiger partial charge in [0.1, 0.15) is 0 Å². The van der Waals surface area contributed by atoms with Gasteiger partial charge in [0.25, 0.3) is 5.91 Å². The molecule has 2 aromatic rings. The van der Waals surface area contributed by atoms with E-state index in [0.717, 1.165) is 28.8 Å². The van der Waals surface area contributed by atoms with Crippen LogP contribution in [0.25, 0.3) is 0 Å². The molecule has 108 valence electrons.